The highest BCUT2D eigenvalue weighted by Gasteiger charge is 2.12. The molecule has 1 heterocycles. The second kappa shape index (κ2) is 4.65. The fourth-order valence-electron chi connectivity index (χ4n) is 2.09. The second-order valence-electron chi connectivity index (χ2n) is 4.28. The Balaban J connectivity index is 2.28. The van der Waals surface area contributed by atoms with Gasteiger partial charge in [-0.05, 0) is 22.9 Å². The van der Waals surface area contributed by atoms with Gasteiger partial charge in [0.25, 0.3) is 0 Å². The van der Waals surface area contributed by atoms with Crippen LogP contribution in [0.15, 0.2) is 36.4 Å². The number of methoxy groups -OCH3 is 1. The zero-order valence-electron chi connectivity index (χ0n) is 10.9. The van der Waals surface area contributed by atoms with Gasteiger partial charge in [0.15, 0.2) is 5.82 Å². The fourth-order valence-corrected chi connectivity index (χ4v) is 2.09. The van der Waals surface area contributed by atoms with Crippen LogP contribution in [0.5, 0.6) is 5.75 Å². The number of hydrogen-bond donors (Lipinski definition) is 2. The van der Waals surface area contributed by atoms with E-state index in [4.69, 9.17) is 16.2 Å². The van der Waals surface area contributed by atoms with Crippen molar-refractivity contribution < 1.29 is 4.74 Å². The number of anilines is 2. The zero-order valence-corrected chi connectivity index (χ0v) is 10.9. The molecule has 2 aromatic carbocycles. The normalized spacial score (nSPS) is 10.7. The van der Waals surface area contributed by atoms with Crippen molar-refractivity contribution in [2.75, 3.05) is 18.6 Å². The lowest BCUT2D eigenvalue weighted by Crippen LogP contribution is -2.04. The minimum Gasteiger partial charge on any atom is -0.496 e. The number of ether oxygens (including phenoxy) is 1. The van der Waals surface area contributed by atoms with Gasteiger partial charge in [-0.3, -0.25) is 0 Å². The number of nitrogens with zero attached hydrogens (tertiary/aromatic N) is 3. The Bertz CT molecular complexity index is 767. The van der Waals surface area contributed by atoms with Crippen LogP contribution in [-0.2, 0) is 0 Å². The summed E-state index contributed by atoms with van der Waals surface area (Å²) in [5, 5.41) is 2.13. The minimum atomic E-state index is 0.0858. The van der Waals surface area contributed by atoms with Crippen molar-refractivity contribution in [3.05, 3.63) is 36.4 Å². The first kappa shape index (κ1) is 12.2. The summed E-state index contributed by atoms with van der Waals surface area (Å²) in [4.78, 5) is 12.0. The van der Waals surface area contributed by atoms with Crippen LogP contribution in [0, 0.1) is 0 Å². The van der Waals surface area contributed by atoms with Crippen LogP contribution in [0.4, 0.5) is 11.9 Å². The Kier molecular flexibility index (Phi) is 2.83. The first-order valence-corrected chi connectivity index (χ1v) is 6.01. The highest BCUT2D eigenvalue weighted by molar-refractivity contribution is 5.89. The van der Waals surface area contributed by atoms with Crippen LogP contribution in [0.1, 0.15) is 0 Å². The van der Waals surface area contributed by atoms with Gasteiger partial charge < -0.3 is 16.2 Å². The van der Waals surface area contributed by atoms with Gasteiger partial charge >= 0.3 is 0 Å². The standard InChI is InChI=1S/C14H13N5O/c1-20-11-7-9-5-3-2-4-8(9)6-10(11)12-17-13(15)19-14(16)18-12/h2-7H,1H3,(H4,15,16,17,18,19). The lowest BCUT2D eigenvalue weighted by molar-refractivity contribution is 0.416. The van der Waals surface area contributed by atoms with Crippen LogP contribution in [-0.4, -0.2) is 22.1 Å². The predicted molar refractivity (Wildman–Crippen MR) is 78.1 cm³/mol. The third-order valence-corrected chi connectivity index (χ3v) is 2.98. The number of hydrogen-bond acceptors (Lipinski definition) is 6. The Hall–Kier alpha value is -2.89. The van der Waals surface area contributed by atoms with E-state index in [0.717, 1.165) is 16.3 Å². The third kappa shape index (κ3) is 2.07. The number of benzene rings is 2. The monoisotopic (exact) mass is 267 g/mol. The van der Waals surface area contributed by atoms with Crippen molar-refractivity contribution in [2.24, 2.45) is 0 Å². The molecule has 0 amide bonds. The molecule has 1 aromatic heterocycles. The quantitative estimate of drug-likeness (QED) is 0.735. The molecule has 4 N–H and O–H groups in total. The molecule has 0 aliphatic carbocycles. The van der Waals surface area contributed by atoms with Gasteiger partial charge in [-0.2, -0.15) is 15.0 Å². The first-order valence-electron chi connectivity index (χ1n) is 6.01. The van der Waals surface area contributed by atoms with E-state index >= 15 is 0 Å². The van der Waals surface area contributed by atoms with Crippen molar-refractivity contribution in [3.8, 4) is 17.1 Å². The van der Waals surface area contributed by atoms with Crippen molar-refractivity contribution in [3.63, 3.8) is 0 Å². The molecule has 100 valence electrons. The number of aromatic nitrogens is 3. The van der Waals surface area contributed by atoms with Gasteiger partial charge in [0.1, 0.15) is 5.75 Å². The molecule has 0 unspecified atom stereocenters. The molecule has 20 heavy (non-hydrogen) atoms. The topological polar surface area (TPSA) is 99.9 Å². The molecule has 6 nitrogen and oxygen atoms in total. The number of fused-ring (bicyclic) bond motifs is 1. The van der Waals surface area contributed by atoms with E-state index in [-0.39, 0.29) is 11.9 Å². The number of nitrogens with two attached hydrogens (primary N) is 2. The van der Waals surface area contributed by atoms with Crippen molar-refractivity contribution in [1.82, 2.24) is 15.0 Å². The molecule has 0 radical (unpaired) electrons. The Morgan fingerprint density at radius 3 is 2.10 bits per heavy atom. The van der Waals surface area contributed by atoms with E-state index in [2.05, 4.69) is 15.0 Å². The Morgan fingerprint density at radius 2 is 1.50 bits per heavy atom. The Labute approximate surface area is 115 Å². The predicted octanol–water partition coefficient (Wildman–Crippen LogP) is 1.86. The average molecular weight is 267 g/mol. The van der Waals surface area contributed by atoms with Gasteiger partial charge in [0.2, 0.25) is 11.9 Å². The highest BCUT2D eigenvalue weighted by Crippen LogP contribution is 2.32. The summed E-state index contributed by atoms with van der Waals surface area (Å²) in [7, 11) is 1.60. The van der Waals surface area contributed by atoms with E-state index in [1.807, 2.05) is 36.4 Å². The highest BCUT2D eigenvalue weighted by atomic mass is 16.5. The Morgan fingerprint density at radius 1 is 0.900 bits per heavy atom. The summed E-state index contributed by atoms with van der Waals surface area (Å²) in [6.45, 7) is 0. The summed E-state index contributed by atoms with van der Waals surface area (Å²) in [5.74, 6) is 1.23. The van der Waals surface area contributed by atoms with Crippen LogP contribution >= 0.6 is 0 Å². The van der Waals surface area contributed by atoms with E-state index in [1.165, 1.54) is 0 Å². The lowest BCUT2D eigenvalue weighted by atomic mass is 10.1. The molecular weight excluding hydrogens is 254 g/mol. The second-order valence-corrected chi connectivity index (χ2v) is 4.28. The van der Waals surface area contributed by atoms with Crippen LogP contribution in [0.2, 0.25) is 0 Å². The maximum absolute atomic E-state index is 5.62. The zero-order chi connectivity index (χ0) is 14.1. The lowest BCUT2D eigenvalue weighted by Gasteiger charge is -2.10. The number of rotatable bonds is 2. The van der Waals surface area contributed by atoms with Crippen molar-refractivity contribution in [2.45, 2.75) is 0 Å². The molecule has 0 aliphatic heterocycles. The minimum absolute atomic E-state index is 0.0858. The maximum atomic E-state index is 5.62. The molecular formula is C14H13N5O. The summed E-state index contributed by atoms with van der Waals surface area (Å²) in [5.41, 5.74) is 12.0. The molecule has 0 saturated heterocycles. The van der Waals surface area contributed by atoms with Gasteiger partial charge in [0, 0.05) is 0 Å². The third-order valence-electron chi connectivity index (χ3n) is 2.98. The SMILES string of the molecule is COc1cc2ccccc2cc1-c1nc(N)nc(N)n1. The van der Waals surface area contributed by atoms with Gasteiger partial charge in [0.05, 0.1) is 12.7 Å². The van der Waals surface area contributed by atoms with E-state index in [1.54, 1.807) is 7.11 Å². The maximum Gasteiger partial charge on any atom is 0.225 e. The van der Waals surface area contributed by atoms with E-state index < -0.39 is 0 Å². The van der Waals surface area contributed by atoms with Crippen molar-refractivity contribution in [1.29, 1.82) is 0 Å². The molecule has 0 bridgehead atoms. The fraction of sp³-hybridized carbons (Fsp3) is 0.0714. The molecule has 0 spiro atoms. The summed E-state index contributed by atoms with van der Waals surface area (Å²) < 4.78 is 5.41. The molecule has 0 aliphatic rings. The van der Waals surface area contributed by atoms with Crippen LogP contribution < -0.4 is 16.2 Å². The average Bonchev–Trinajstić information content (AvgIpc) is 2.44. The van der Waals surface area contributed by atoms with E-state index in [0.29, 0.717) is 11.6 Å². The number of nitrogen functional groups attached to an aromatic ring is 2. The summed E-state index contributed by atoms with van der Waals surface area (Å²) in [6.07, 6.45) is 0. The van der Waals surface area contributed by atoms with Crippen LogP contribution in [0.25, 0.3) is 22.2 Å². The molecule has 3 aromatic rings. The van der Waals surface area contributed by atoms with Gasteiger partial charge in [-0.25, -0.2) is 0 Å². The molecule has 6 heteroatoms. The largest absolute Gasteiger partial charge is 0.496 e. The van der Waals surface area contributed by atoms with E-state index in [9.17, 15) is 0 Å². The molecule has 3 rings (SSSR count). The molecule has 0 saturated carbocycles. The molecule has 0 fully saturated rings. The van der Waals surface area contributed by atoms with Gasteiger partial charge in [-0.15, -0.1) is 0 Å². The molecule has 0 atom stereocenters. The summed E-state index contributed by atoms with van der Waals surface area (Å²) in [6, 6.07) is 11.8. The first-order chi connectivity index (χ1) is 9.67. The smallest absolute Gasteiger partial charge is 0.225 e. The van der Waals surface area contributed by atoms with Crippen LogP contribution in [0.3, 0.4) is 0 Å². The van der Waals surface area contributed by atoms with Gasteiger partial charge in [-0.1, -0.05) is 24.3 Å². The van der Waals surface area contributed by atoms with Crippen molar-refractivity contribution >= 4 is 22.7 Å². The summed E-state index contributed by atoms with van der Waals surface area (Å²) >= 11 is 0.